The Kier molecular flexibility index (Phi) is 5.20. The average molecular weight is 392 g/mol. The standard InChI is InChI=1S/C22H20N2O5/c1-27-16-10-8-15(9-11-16)23-22(26)21-18-6-2-3-7-19(18)29-14-20(25)24(21)13-17-5-4-12-28-17/h2-12,21H,13-14H2,1H3,(H,23,26). The Labute approximate surface area is 167 Å². The Bertz CT molecular complexity index is 998. The van der Waals surface area contributed by atoms with Gasteiger partial charge in [-0.25, -0.2) is 0 Å². The van der Waals surface area contributed by atoms with E-state index in [0.717, 1.165) is 0 Å². The summed E-state index contributed by atoms with van der Waals surface area (Å²) in [5.74, 6) is 1.14. The molecule has 0 spiro atoms. The molecule has 1 aliphatic heterocycles. The highest BCUT2D eigenvalue weighted by Crippen LogP contribution is 2.34. The maximum Gasteiger partial charge on any atom is 0.261 e. The highest BCUT2D eigenvalue weighted by Gasteiger charge is 2.36. The zero-order valence-corrected chi connectivity index (χ0v) is 15.8. The van der Waals surface area contributed by atoms with Gasteiger partial charge in [-0.3, -0.25) is 9.59 Å². The normalized spacial score (nSPS) is 15.8. The van der Waals surface area contributed by atoms with Crippen molar-refractivity contribution < 1.29 is 23.5 Å². The molecule has 148 valence electrons. The van der Waals surface area contributed by atoms with Crippen molar-refractivity contribution in [3.8, 4) is 11.5 Å². The molecule has 0 aliphatic carbocycles. The first kappa shape index (κ1) is 18.6. The minimum Gasteiger partial charge on any atom is -0.497 e. The minimum absolute atomic E-state index is 0.149. The lowest BCUT2D eigenvalue weighted by Gasteiger charge is -2.28. The molecule has 0 saturated heterocycles. The summed E-state index contributed by atoms with van der Waals surface area (Å²) < 4.78 is 16.2. The first-order chi connectivity index (χ1) is 14.2. The van der Waals surface area contributed by atoms with E-state index in [2.05, 4.69) is 5.32 Å². The number of furan rings is 1. The van der Waals surface area contributed by atoms with Crippen LogP contribution in [-0.4, -0.2) is 30.4 Å². The number of hydrogen-bond donors (Lipinski definition) is 1. The van der Waals surface area contributed by atoms with E-state index >= 15 is 0 Å². The molecule has 1 aromatic heterocycles. The fourth-order valence-corrected chi connectivity index (χ4v) is 3.29. The lowest BCUT2D eigenvalue weighted by atomic mass is 10.0. The molecule has 3 aromatic rings. The fourth-order valence-electron chi connectivity index (χ4n) is 3.29. The number of amides is 2. The predicted molar refractivity (Wildman–Crippen MR) is 106 cm³/mol. The number of carbonyl (C=O) groups excluding carboxylic acids is 2. The van der Waals surface area contributed by atoms with E-state index in [9.17, 15) is 9.59 Å². The van der Waals surface area contributed by atoms with Crippen LogP contribution < -0.4 is 14.8 Å². The number of nitrogens with one attached hydrogen (secondary N) is 1. The van der Waals surface area contributed by atoms with Crippen LogP contribution in [0.25, 0.3) is 0 Å². The van der Waals surface area contributed by atoms with Gasteiger partial charge in [-0.15, -0.1) is 0 Å². The second-order valence-corrected chi connectivity index (χ2v) is 6.55. The molecule has 1 atom stereocenters. The van der Waals surface area contributed by atoms with Gasteiger partial charge in [-0.05, 0) is 42.5 Å². The summed E-state index contributed by atoms with van der Waals surface area (Å²) in [5, 5.41) is 2.89. The van der Waals surface area contributed by atoms with Crippen molar-refractivity contribution in [2.75, 3.05) is 19.0 Å². The summed E-state index contributed by atoms with van der Waals surface area (Å²) in [6.45, 7) is 0.00820. The number of ether oxygens (including phenoxy) is 2. The third-order valence-electron chi connectivity index (χ3n) is 4.71. The van der Waals surface area contributed by atoms with Crippen molar-refractivity contribution in [3.63, 3.8) is 0 Å². The average Bonchev–Trinajstić information content (AvgIpc) is 3.21. The van der Waals surface area contributed by atoms with Gasteiger partial charge in [-0.2, -0.15) is 0 Å². The summed E-state index contributed by atoms with van der Waals surface area (Å²) in [7, 11) is 1.58. The smallest absolute Gasteiger partial charge is 0.261 e. The summed E-state index contributed by atoms with van der Waals surface area (Å²) in [5.41, 5.74) is 1.22. The molecule has 1 N–H and O–H groups in total. The van der Waals surface area contributed by atoms with Gasteiger partial charge in [0, 0.05) is 11.3 Å². The Morgan fingerprint density at radius 1 is 1.14 bits per heavy atom. The van der Waals surface area contributed by atoms with Crippen LogP contribution in [0, 0.1) is 0 Å². The molecule has 0 radical (unpaired) electrons. The summed E-state index contributed by atoms with van der Waals surface area (Å²) in [4.78, 5) is 27.6. The van der Waals surface area contributed by atoms with E-state index in [1.807, 2.05) is 12.1 Å². The van der Waals surface area contributed by atoms with Crippen LogP contribution >= 0.6 is 0 Å². The molecule has 7 nitrogen and oxygen atoms in total. The number of carbonyl (C=O) groups is 2. The van der Waals surface area contributed by atoms with Crippen molar-refractivity contribution in [3.05, 3.63) is 78.3 Å². The van der Waals surface area contributed by atoms with E-state index in [0.29, 0.717) is 28.5 Å². The minimum atomic E-state index is -0.867. The number of anilines is 1. The Morgan fingerprint density at radius 2 is 1.93 bits per heavy atom. The van der Waals surface area contributed by atoms with Gasteiger partial charge in [0.05, 0.1) is 19.9 Å². The third kappa shape index (κ3) is 3.94. The molecule has 7 heteroatoms. The molecule has 2 heterocycles. The van der Waals surface area contributed by atoms with Gasteiger partial charge in [-0.1, -0.05) is 18.2 Å². The third-order valence-corrected chi connectivity index (χ3v) is 4.71. The molecule has 29 heavy (non-hydrogen) atoms. The van der Waals surface area contributed by atoms with Crippen LogP contribution in [0.15, 0.2) is 71.3 Å². The topological polar surface area (TPSA) is 81.0 Å². The van der Waals surface area contributed by atoms with Crippen LogP contribution in [0.2, 0.25) is 0 Å². The van der Waals surface area contributed by atoms with Crippen LogP contribution in [0.3, 0.4) is 0 Å². The summed E-state index contributed by atoms with van der Waals surface area (Å²) >= 11 is 0. The molecule has 1 unspecified atom stereocenters. The predicted octanol–water partition coefficient (Wildman–Crippen LogP) is 3.39. The molecule has 1 aliphatic rings. The highest BCUT2D eigenvalue weighted by atomic mass is 16.5. The number of fused-ring (bicyclic) bond motifs is 1. The molecule has 0 saturated carbocycles. The van der Waals surface area contributed by atoms with E-state index in [1.165, 1.54) is 11.2 Å². The zero-order chi connectivity index (χ0) is 20.2. The first-order valence-electron chi connectivity index (χ1n) is 9.14. The van der Waals surface area contributed by atoms with E-state index in [1.54, 1.807) is 55.6 Å². The SMILES string of the molecule is COc1ccc(NC(=O)C2c3ccccc3OCC(=O)N2Cc2ccco2)cc1. The lowest BCUT2D eigenvalue weighted by Crippen LogP contribution is -2.41. The number of methoxy groups -OCH3 is 1. The molecule has 2 aromatic carbocycles. The maximum absolute atomic E-state index is 13.3. The molecular formula is C22H20N2O5. The van der Waals surface area contributed by atoms with Crippen molar-refractivity contribution in [1.82, 2.24) is 4.90 Å². The number of nitrogens with zero attached hydrogens (tertiary/aromatic N) is 1. The zero-order valence-electron chi connectivity index (χ0n) is 15.8. The van der Waals surface area contributed by atoms with Crippen molar-refractivity contribution >= 4 is 17.5 Å². The highest BCUT2D eigenvalue weighted by molar-refractivity contribution is 5.99. The van der Waals surface area contributed by atoms with Gasteiger partial charge in [0.1, 0.15) is 23.3 Å². The maximum atomic E-state index is 13.3. The number of hydrogen-bond acceptors (Lipinski definition) is 5. The van der Waals surface area contributed by atoms with Crippen LogP contribution in [-0.2, 0) is 16.1 Å². The molecule has 0 bridgehead atoms. The Morgan fingerprint density at radius 3 is 2.66 bits per heavy atom. The van der Waals surface area contributed by atoms with Crippen LogP contribution in [0.5, 0.6) is 11.5 Å². The van der Waals surface area contributed by atoms with Crippen molar-refractivity contribution in [1.29, 1.82) is 0 Å². The molecule has 2 amide bonds. The van der Waals surface area contributed by atoms with Gasteiger partial charge >= 0.3 is 0 Å². The van der Waals surface area contributed by atoms with Gasteiger partial charge in [0.25, 0.3) is 11.8 Å². The Balaban J connectivity index is 1.68. The second kappa shape index (κ2) is 8.10. The monoisotopic (exact) mass is 392 g/mol. The fraction of sp³-hybridized carbons (Fsp3) is 0.182. The molecule has 0 fully saturated rings. The Hall–Kier alpha value is -3.74. The van der Waals surface area contributed by atoms with Crippen LogP contribution in [0.4, 0.5) is 5.69 Å². The number of para-hydroxylation sites is 1. The second-order valence-electron chi connectivity index (χ2n) is 6.55. The van der Waals surface area contributed by atoms with Crippen molar-refractivity contribution in [2.24, 2.45) is 0 Å². The van der Waals surface area contributed by atoms with Crippen LogP contribution in [0.1, 0.15) is 17.4 Å². The lowest BCUT2D eigenvalue weighted by molar-refractivity contribution is -0.140. The van der Waals surface area contributed by atoms with E-state index in [4.69, 9.17) is 13.9 Å². The van der Waals surface area contributed by atoms with Gasteiger partial charge < -0.3 is 24.1 Å². The van der Waals surface area contributed by atoms with E-state index < -0.39 is 6.04 Å². The first-order valence-corrected chi connectivity index (χ1v) is 9.14. The quantitative estimate of drug-likeness (QED) is 0.720. The van der Waals surface area contributed by atoms with Gasteiger partial charge in [0.15, 0.2) is 6.61 Å². The van der Waals surface area contributed by atoms with E-state index in [-0.39, 0.29) is 25.0 Å². The van der Waals surface area contributed by atoms with Gasteiger partial charge in [0.2, 0.25) is 0 Å². The number of rotatable bonds is 5. The van der Waals surface area contributed by atoms with Crippen molar-refractivity contribution in [2.45, 2.75) is 12.6 Å². The summed E-state index contributed by atoms with van der Waals surface area (Å²) in [6.07, 6.45) is 1.54. The molecule has 4 rings (SSSR count). The molecular weight excluding hydrogens is 372 g/mol. The summed E-state index contributed by atoms with van der Waals surface area (Å²) in [6, 6.07) is 16.8. The largest absolute Gasteiger partial charge is 0.497 e. The number of benzene rings is 2.